The van der Waals surface area contributed by atoms with E-state index in [0.29, 0.717) is 0 Å². The summed E-state index contributed by atoms with van der Waals surface area (Å²) < 4.78 is 37.6. The molecule has 0 aliphatic rings. The van der Waals surface area contributed by atoms with Crippen LogP contribution in [0.2, 0.25) is 0 Å². The molecule has 0 radical (unpaired) electrons. The molecule has 0 aromatic heterocycles. The van der Waals surface area contributed by atoms with Gasteiger partial charge in [-0.3, -0.25) is 14.9 Å². The zero-order valence-corrected chi connectivity index (χ0v) is 17.5. The van der Waals surface area contributed by atoms with Crippen molar-refractivity contribution in [3.8, 4) is 11.5 Å². The van der Waals surface area contributed by atoms with E-state index in [1.807, 2.05) is 0 Å². The van der Waals surface area contributed by atoms with Crippen molar-refractivity contribution in [3.05, 3.63) is 52.1 Å². The van der Waals surface area contributed by atoms with Crippen LogP contribution in [0.25, 0.3) is 0 Å². The van der Waals surface area contributed by atoms with Crippen molar-refractivity contribution >= 4 is 33.3 Å². The van der Waals surface area contributed by atoms with Gasteiger partial charge >= 0.3 is 5.97 Å². The Kier molecular flexibility index (Phi) is 7.15. The highest BCUT2D eigenvalue weighted by Crippen LogP contribution is 2.35. The molecular formula is C18H19N3O9S. The molecule has 0 heterocycles. The Bertz CT molecular complexity index is 1110. The number of ether oxygens (including phenoxy) is 3. The first-order valence-electron chi connectivity index (χ1n) is 8.53. The van der Waals surface area contributed by atoms with Crippen molar-refractivity contribution in [2.45, 2.75) is 17.9 Å². The molecule has 1 atom stereocenters. The summed E-state index contributed by atoms with van der Waals surface area (Å²) in [4.78, 5) is 35.2. The van der Waals surface area contributed by atoms with Crippen LogP contribution in [0.15, 0.2) is 41.3 Å². The SMILES string of the molecule is COc1cc(C(=O)OC(C)C(=O)Nc2ccc(S(N)(=O)=O)cc2)c([N+](=O)[O-])cc1OC. The second kappa shape index (κ2) is 9.40. The van der Waals surface area contributed by atoms with Crippen LogP contribution in [0.4, 0.5) is 11.4 Å². The minimum atomic E-state index is -3.89. The summed E-state index contributed by atoms with van der Waals surface area (Å²) >= 11 is 0. The van der Waals surface area contributed by atoms with E-state index in [1.54, 1.807) is 0 Å². The lowest BCUT2D eigenvalue weighted by molar-refractivity contribution is -0.385. The maximum atomic E-state index is 12.5. The molecule has 0 aliphatic carbocycles. The number of hydrogen-bond acceptors (Lipinski definition) is 9. The standard InChI is InChI=1S/C18H19N3O9S/c1-10(17(22)20-11-4-6-12(7-5-11)31(19,26)27)30-18(23)13-8-15(28-2)16(29-3)9-14(13)21(24)25/h4-10H,1-3H3,(H,20,22)(H2,19,26,27). The summed E-state index contributed by atoms with van der Waals surface area (Å²) in [6.07, 6.45) is -1.34. The van der Waals surface area contributed by atoms with Gasteiger partial charge in [0.2, 0.25) is 10.0 Å². The molecule has 0 saturated carbocycles. The van der Waals surface area contributed by atoms with Gasteiger partial charge in [0.1, 0.15) is 5.56 Å². The maximum Gasteiger partial charge on any atom is 0.346 e. The average molecular weight is 453 g/mol. The van der Waals surface area contributed by atoms with Crippen LogP contribution in [0.5, 0.6) is 11.5 Å². The van der Waals surface area contributed by atoms with Crippen LogP contribution in [0.3, 0.4) is 0 Å². The molecule has 0 spiro atoms. The van der Waals surface area contributed by atoms with Gasteiger partial charge in [-0.05, 0) is 31.2 Å². The average Bonchev–Trinajstić information content (AvgIpc) is 2.72. The molecule has 0 bridgehead atoms. The zero-order chi connectivity index (χ0) is 23.3. The highest BCUT2D eigenvalue weighted by Gasteiger charge is 2.28. The van der Waals surface area contributed by atoms with Gasteiger partial charge in [-0.15, -0.1) is 0 Å². The molecule has 2 aromatic carbocycles. The fourth-order valence-electron chi connectivity index (χ4n) is 2.43. The number of hydrogen-bond donors (Lipinski definition) is 2. The lowest BCUT2D eigenvalue weighted by Gasteiger charge is -2.15. The Morgan fingerprint density at radius 1 is 1.10 bits per heavy atom. The minimum absolute atomic E-state index is 0.0412. The van der Waals surface area contributed by atoms with Gasteiger partial charge in [0.05, 0.1) is 30.1 Å². The third-order valence-electron chi connectivity index (χ3n) is 4.02. The van der Waals surface area contributed by atoms with Crippen LogP contribution in [-0.4, -0.2) is 45.5 Å². The molecule has 2 aromatic rings. The molecular weight excluding hydrogens is 434 g/mol. The third kappa shape index (κ3) is 5.67. The predicted molar refractivity (Wildman–Crippen MR) is 108 cm³/mol. The number of amides is 1. The van der Waals surface area contributed by atoms with E-state index in [4.69, 9.17) is 19.3 Å². The summed E-state index contributed by atoms with van der Waals surface area (Å²) in [6, 6.07) is 7.06. The van der Waals surface area contributed by atoms with Crippen LogP contribution in [-0.2, 0) is 19.6 Å². The molecule has 13 heteroatoms. The van der Waals surface area contributed by atoms with Gasteiger partial charge in [-0.1, -0.05) is 0 Å². The number of nitrogens with one attached hydrogen (secondary N) is 1. The quantitative estimate of drug-likeness (QED) is 0.340. The lowest BCUT2D eigenvalue weighted by Crippen LogP contribution is -2.30. The number of carbonyl (C=O) groups is 2. The van der Waals surface area contributed by atoms with Crippen LogP contribution in [0, 0.1) is 10.1 Å². The molecule has 0 saturated heterocycles. The van der Waals surface area contributed by atoms with Crippen LogP contribution >= 0.6 is 0 Å². The summed E-state index contributed by atoms with van der Waals surface area (Å²) in [7, 11) is -1.32. The van der Waals surface area contributed by atoms with Gasteiger partial charge in [0.25, 0.3) is 11.6 Å². The number of nitro benzene ring substituents is 1. The third-order valence-corrected chi connectivity index (χ3v) is 4.95. The van der Waals surface area contributed by atoms with Gasteiger partial charge in [-0.25, -0.2) is 18.4 Å². The second-order valence-corrected chi connectivity index (χ2v) is 7.65. The lowest BCUT2D eigenvalue weighted by atomic mass is 10.1. The van der Waals surface area contributed by atoms with Gasteiger partial charge in [-0.2, -0.15) is 0 Å². The maximum absolute atomic E-state index is 12.5. The Morgan fingerprint density at radius 2 is 1.65 bits per heavy atom. The summed E-state index contributed by atoms with van der Waals surface area (Å²) in [5.74, 6) is -1.77. The van der Waals surface area contributed by atoms with Crippen molar-refractivity contribution in [2.24, 2.45) is 5.14 Å². The first-order chi connectivity index (χ1) is 14.5. The smallest absolute Gasteiger partial charge is 0.346 e. The van der Waals surface area contributed by atoms with Crippen molar-refractivity contribution in [3.63, 3.8) is 0 Å². The first-order valence-corrected chi connectivity index (χ1v) is 10.1. The molecule has 2 rings (SSSR count). The van der Waals surface area contributed by atoms with Crippen molar-refractivity contribution in [1.29, 1.82) is 0 Å². The number of esters is 1. The number of rotatable bonds is 8. The molecule has 0 fully saturated rings. The van der Waals surface area contributed by atoms with Gasteiger partial charge in [0, 0.05) is 11.8 Å². The minimum Gasteiger partial charge on any atom is -0.493 e. The normalized spacial score (nSPS) is 11.9. The van der Waals surface area contributed by atoms with Gasteiger partial charge in [0.15, 0.2) is 17.6 Å². The van der Waals surface area contributed by atoms with Crippen LogP contribution in [0.1, 0.15) is 17.3 Å². The van der Waals surface area contributed by atoms with Crippen molar-refractivity contribution in [2.75, 3.05) is 19.5 Å². The van der Waals surface area contributed by atoms with Crippen molar-refractivity contribution in [1.82, 2.24) is 0 Å². The first kappa shape index (κ1) is 23.6. The Morgan fingerprint density at radius 3 is 2.13 bits per heavy atom. The number of methoxy groups -OCH3 is 2. The molecule has 12 nitrogen and oxygen atoms in total. The Labute approximate surface area is 177 Å². The zero-order valence-electron chi connectivity index (χ0n) is 16.6. The molecule has 1 amide bonds. The van der Waals surface area contributed by atoms with Crippen LogP contribution < -0.4 is 19.9 Å². The number of benzene rings is 2. The monoisotopic (exact) mass is 453 g/mol. The number of primary sulfonamides is 1. The van der Waals surface area contributed by atoms with E-state index in [1.165, 1.54) is 45.4 Å². The fraction of sp³-hybridized carbons (Fsp3) is 0.222. The predicted octanol–water partition coefficient (Wildman–Crippen LogP) is 1.44. The summed E-state index contributed by atoms with van der Waals surface area (Å²) in [6.45, 7) is 1.26. The Hall–Kier alpha value is -3.71. The number of nitro groups is 1. The van der Waals surface area contributed by atoms with E-state index in [9.17, 15) is 28.1 Å². The summed E-state index contributed by atoms with van der Waals surface area (Å²) in [5, 5.41) is 18.7. The number of carbonyl (C=O) groups excluding carboxylic acids is 2. The van der Waals surface area contributed by atoms with E-state index < -0.39 is 44.2 Å². The number of nitrogens with zero attached hydrogens (tertiary/aromatic N) is 1. The van der Waals surface area contributed by atoms with Gasteiger partial charge < -0.3 is 19.5 Å². The largest absolute Gasteiger partial charge is 0.493 e. The highest BCUT2D eigenvalue weighted by molar-refractivity contribution is 7.89. The highest BCUT2D eigenvalue weighted by atomic mass is 32.2. The molecule has 0 aliphatic heterocycles. The molecule has 166 valence electrons. The van der Waals surface area contributed by atoms with Crippen molar-refractivity contribution < 1.29 is 37.1 Å². The van der Waals surface area contributed by atoms with E-state index in [-0.39, 0.29) is 22.1 Å². The summed E-state index contributed by atoms with van der Waals surface area (Å²) in [5.41, 5.74) is -0.800. The Balaban J connectivity index is 2.18. The topological polar surface area (TPSA) is 177 Å². The van der Waals surface area contributed by atoms with E-state index in [2.05, 4.69) is 5.32 Å². The van der Waals surface area contributed by atoms with E-state index >= 15 is 0 Å². The fourth-order valence-corrected chi connectivity index (χ4v) is 2.95. The number of anilines is 1. The molecule has 3 N–H and O–H groups in total. The molecule has 1 unspecified atom stereocenters. The second-order valence-electron chi connectivity index (χ2n) is 6.09. The number of sulfonamides is 1. The molecule has 31 heavy (non-hydrogen) atoms. The van der Waals surface area contributed by atoms with E-state index in [0.717, 1.165) is 12.1 Å². The number of nitrogens with two attached hydrogens (primary N) is 1.